The summed E-state index contributed by atoms with van der Waals surface area (Å²) in [5.41, 5.74) is 0. The Bertz CT molecular complexity index is 327. The van der Waals surface area contributed by atoms with E-state index >= 15 is 0 Å². The third-order valence-corrected chi connectivity index (χ3v) is 2.95. The van der Waals surface area contributed by atoms with Crippen LogP contribution in [0, 0.1) is 0 Å². The first-order valence-electron chi connectivity index (χ1n) is 4.39. The molecule has 2 aliphatic rings. The summed E-state index contributed by atoms with van der Waals surface area (Å²) in [6.07, 6.45) is 1.16. The summed E-state index contributed by atoms with van der Waals surface area (Å²) in [7, 11) is 0. The minimum absolute atomic E-state index is 0.346. The van der Waals surface area contributed by atoms with Crippen molar-refractivity contribution in [3.8, 4) is 0 Å². The average molecular weight is 334 g/mol. The molecule has 0 atom stereocenters. The molecule has 2 heterocycles. The van der Waals surface area contributed by atoms with Crippen LogP contribution in [0.25, 0.3) is 0 Å². The van der Waals surface area contributed by atoms with Gasteiger partial charge in [0.05, 0.1) is 0 Å². The molecule has 0 spiro atoms. The smallest absolute Gasteiger partial charge is 0.330 e. The molecule has 0 fully saturated rings. The lowest BCUT2D eigenvalue weighted by Gasteiger charge is -2.10. The van der Waals surface area contributed by atoms with E-state index in [0.29, 0.717) is 6.61 Å². The van der Waals surface area contributed by atoms with Gasteiger partial charge < -0.3 is 4.74 Å². The third kappa shape index (κ3) is 4.70. The molecule has 0 saturated carbocycles. The Morgan fingerprint density at radius 3 is 2.40 bits per heavy atom. The van der Waals surface area contributed by atoms with Gasteiger partial charge in [-0.1, -0.05) is 47.0 Å². The van der Waals surface area contributed by atoms with Crippen molar-refractivity contribution in [3.05, 3.63) is 36.9 Å². The van der Waals surface area contributed by atoms with E-state index in [1.165, 1.54) is 9.79 Å². The standard InChI is InChI=1S/C6H4S.C5H7IO2/c1-2-5-4-6(3-1)7-5;1-2-5(7)8-4-3-6/h1-4H;2H,1,3-4H2. The molecule has 2 bridgehead atoms. The highest BCUT2D eigenvalue weighted by Crippen LogP contribution is 2.37. The molecule has 15 heavy (non-hydrogen) atoms. The number of ether oxygens (including phenoxy) is 1. The Morgan fingerprint density at radius 2 is 2.13 bits per heavy atom. The van der Waals surface area contributed by atoms with Crippen LogP contribution >= 0.6 is 34.4 Å². The lowest BCUT2D eigenvalue weighted by molar-refractivity contribution is -0.137. The van der Waals surface area contributed by atoms with Crippen molar-refractivity contribution in [1.29, 1.82) is 0 Å². The summed E-state index contributed by atoms with van der Waals surface area (Å²) in [6.45, 7) is 3.71. The maximum Gasteiger partial charge on any atom is 0.330 e. The van der Waals surface area contributed by atoms with Crippen LogP contribution in [0.1, 0.15) is 0 Å². The van der Waals surface area contributed by atoms with Gasteiger partial charge in [0, 0.05) is 20.3 Å². The molecular weight excluding hydrogens is 323 g/mol. The van der Waals surface area contributed by atoms with Crippen LogP contribution in [-0.4, -0.2) is 17.0 Å². The molecule has 0 amide bonds. The van der Waals surface area contributed by atoms with E-state index in [-0.39, 0.29) is 5.97 Å². The number of benzene rings is 1. The van der Waals surface area contributed by atoms with Crippen molar-refractivity contribution in [2.45, 2.75) is 9.79 Å². The van der Waals surface area contributed by atoms with Crippen molar-refractivity contribution in [1.82, 2.24) is 0 Å². The fourth-order valence-corrected chi connectivity index (χ4v) is 1.85. The topological polar surface area (TPSA) is 26.3 Å². The summed E-state index contributed by atoms with van der Waals surface area (Å²) in [4.78, 5) is 13.0. The molecule has 0 N–H and O–H groups in total. The highest BCUT2D eigenvalue weighted by molar-refractivity contribution is 14.1. The first kappa shape index (κ1) is 12.6. The van der Waals surface area contributed by atoms with Crippen LogP contribution in [0.4, 0.5) is 0 Å². The molecule has 2 nitrogen and oxygen atoms in total. The van der Waals surface area contributed by atoms with E-state index in [1.807, 2.05) is 11.8 Å². The maximum atomic E-state index is 10.2. The monoisotopic (exact) mass is 334 g/mol. The molecule has 0 saturated heterocycles. The maximum absolute atomic E-state index is 10.2. The number of alkyl halides is 1. The zero-order valence-corrected chi connectivity index (χ0v) is 11.1. The van der Waals surface area contributed by atoms with E-state index in [4.69, 9.17) is 0 Å². The van der Waals surface area contributed by atoms with Gasteiger partial charge in [-0.05, 0) is 18.2 Å². The first-order chi connectivity index (χ1) is 7.26. The highest BCUT2D eigenvalue weighted by Gasteiger charge is 2.05. The fourth-order valence-electron chi connectivity index (χ4n) is 0.877. The molecule has 4 heteroatoms. The summed E-state index contributed by atoms with van der Waals surface area (Å²) in [5, 5.41) is 0. The highest BCUT2D eigenvalue weighted by atomic mass is 127. The average Bonchev–Trinajstić information content (AvgIpc) is 2.27. The minimum atomic E-state index is -0.346. The van der Waals surface area contributed by atoms with Crippen molar-refractivity contribution in [2.75, 3.05) is 11.0 Å². The Labute approximate surface area is 107 Å². The van der Waals surface area contributed by atoms with Crippen molar-refractivity contribution in [3.63, 3.8) is 0 Å². The Morgan fingerprint density at radius 1 is 1.53 bits per heavy atom. The largest absolute Gasteiger partial charge is 0.462 e. The van der Waals surface area contributed by atoms with E-state index < -0.39 is 0 Å². The predicted molar refractivity (Wildman–Crippen MR) is 70.6 cm³/mol. The Balaban J connectivity index is 0.000000150. The number of halogens is 1. The number of rotatable bonds is 3. The van der Waals surface area contributed by atoms with Gasteiger partial charge in [0.2, 0.25) is 0 Å². The van der Waals surface area contributed by atoms with Crippen LogP contribution in [0.5, 0.6) is 0 Å². The van der Waals surface area contributed by atoms with Gasteiger partial charge >= 0.3 is 5.97 Å². The van der Waals surface area contributed by atoms with Gasteiger partial charge in [0.15, 0.2) is 0 Å². The molecule has 0 aliphatic carbocycles. The second kappa shape index (κ2) is 6.90. The Hall–Kier alpha value is -0.490. The molecule has 0 aromatic heterocycles. The van der Waals surface area contributed by atoms with E-state index in [2.05, 4.69) is 58.2 Å². The van der Waals surface area contributed by atoms with E-state index in [9.17, 15) is 4.79 Å². The van der Waals surface area contributed by atoms with Crippen LogP contribution in [0.2, 0.25) is 0 Å². The summed E-state index contributed by atoms with van der Waals surface area (Å²) in [6, 6.07) is 8.52. The number of carbonyl (C=O) groups excluding carboxylic acids is 1. The minimum Gasteiger partial charge on any atom is -0.462 e. The molecule has 1 aromatic rings. The van der Waals surface area contributed by atoms with Crippen LogP contribution < -0.4 is 0 Å². The molecule has 0 unspecified atom stereocenters. The van der Waals surface area contributed by atoms with Crippen molar-refractivity contribution < 1.29 is 9.53 Å². The second-order valence-electron chi connectivity index (χ2n) is 2.64. The zero-order valence-electron chi connectivity index (χ0n) is 8.11. The zero-order chi connectivity index (χ0) is 11.1. The molecular formula is C11H11IO2S. The summed E-state index contributed by atoms with van der Waals surface area (Å²) < 4.78 is 5.41. The van der Waals surface area contributed by atoms with Gasteiger partial charge in [0.1, 0.15) is 6.61 Å². The van der Waals surface area contributed by atoms with Crippen LogP contribution in [0.15, 0.2) is 46.7 Å². The number of fused-ring (bicyclic) bond motifs is 2. The molecule has 0 radical (unpaired) electrons. The summed E-state index contributed by atoms with van der Waals surface area (Å²) >= 11 is 3.98. The fraction of sp³-hybridized carbons (Fsp3) is 0.182. The number of hydrogen-bond donors (Lipinski definition) is 0. The SMILES string of the molecule is C=CC(=O)OCCI.c1cc2cc(c1)S2. The normalized spacial score (nSPS) is 10.5. The van der Waals surface area contributed by atoms with Crippen LogP contribution in [-0.2, 0) is 9.53 Å². The van der Waals surface area contributed by atoms with Crippen molar-refractivity contribution >= 4 is 40.3 Å². The number of esters is 1. The third-order valence-electron chi connectivity index (χ3n) is 1.53. The van der Waals surface area contributed by atoms with E-state index in [1.54, 1.807) is 0 Å². The molecule has 2 aliphatic heterocycles. The lowest BCUT2D eigenvalue weighted by Crippen LogP contribution is -2.01. The second-order valence-corrected chi connectivity index (χ2v) is 4.86. The molecule has 80 valence electrons. The lowest BCUT2D eigenvalue weighted by atomic mass is 10.3. The van der Waals surface area contributed by atoms with E-state index in [0.717, 1.165) is 10.5 Å². The van der Waals surface area contributed by atoms with Gasteiger partial charge in [-0.2, -0.15) is 0 Å². The van der Waals surface area contributed by atoms with Gasteiger partial charge in [-0.3, -0.25) is 0 Å². The van der Waals surface area contributed by atoms with Gasteiger partial charge in [-0.15, -0.1) is 0 Å². The van der Waals surface area contributed by atoms with Crippen molar-refractivity contribution in [2.24, 2.45) is 0 Å². The van der Waals surface area contributed by atoms with Crippen LogP contribution in [0.3, 0.4) is 0 Å². The first-order valence-corrected chi connectivity index (χ1v) is 6.73. The number of carbonyl (C=O) groups is 1. The molecule has 1 aromatic carbocycles. The van der Waals surface area contributed by atoms with Gasteiger partial charge in [0.25, 0.3) is 0 Å². The predicted octanol–water partition coefficient (Wildman–Crippen LogP) is 3.30. The Kier molecular flexibility index (Phi) is 5.78. The number of hydrogen-bond acceptors (Lipinski definition) is 3. The quantitative estimate of drug-likeness (QED) is 0.373. The molecule has 3 rings (SSSR count). The summed E-state index contributed by atoms with van der Waals surface area (Å²) in [5.74, 6) is -0.346. The van der Waals surface area contributed by atoms with Gasteiger partial charge in [-0.25, -0.2) is 4.79 Å².